The van der Waals surface area contributed by atoms with Gasteiger partial charge in [0.25, 0.3) is 0 Å². The molecule has 32 heavy (non-hydrogen) atoms. The first kappa shape index (κ1) is 23.2. The zero-order valence-electron chi connectivity index (χ0n) is 18.4. The Morgan fingerprint density at radius 2 is 1.97 bits per heavy atom. The number of hydrogen-bond acceptors (Lipinski definition) is 5. The molecule has 0 amide bonds. The van der Waals surface area contributed by atoms with Crippen LogP contribution >= 0.6 is 11.3 Å². The Balaban J connectivity index is 1.55. The molecule has 0 N–H and O–H groups in total. The van der Waals surface area contributed by atoms with Gasteiger partial charge in [0.2, 0.25) is 0 Å². The summed E-state index contributed by atoms with van der Waals surface area (Å²) in [6, 6.07) is 9.19. The van der Waals surface area contributed by atoms with Crippen LogP contribution in [0.2, 0.25) is 0 Å². The van der Waals surface area contributed by atoms with Crippen molar-refractivity contribution >= 4 is 11.3 Å². The maximum Gasteiger partial charge on any atom is 0.418 e. The number of thiazole rings is 1. The van der Waals surface area contributed by atoms with E-state index >= 15 is 0 Å². The van der Waals surface area contributed by atoms with Crippen molar-refractivity contribution in [3.05, 3.63) is 51.5 Å². The zero-order chi connectivity index (χ0) is 23.0. The summed E-state index contributed by atoms with van der Waals surface area (Å²) in [7, 11) is 0. The lowest BCUT2D eigenvalue weighted by Crippen LogP contribution is -2.67. The summed E-state index contributed by atoms with van der Waals surface area (Å²) in [4.78, 5) is 6.78. The Morgan fingerprint density at radius 3 is 2.50 bits per heavy atom. The maximum absolute atomic E-state index is 14.3. The van der Waals surface area contributed by atoms with Crippen molar-refractivity contribution in [3.8, 4) is 6.07 Å². The second kappa shape index (κ2) is 8.77. The topological polar surface area (TPSA) is 49.2 Å². The molecule has 2 saturated heterocycles. The highest BCUT2D eigenvalue weighted by Gasteiger charge is 2.71. The van der Waals surface area contributed by atoms with Gasteiger partial charge in [-0.1, -0.05) is 26.0 Å². The van der Waals surface area contributed by atoms with Crippen LogP contribution in [-0.4, -0.2) is 41.4 Å². The van der Waals surface area contributed by atoms with Crippen LogP contribution in [0.5, 0.6) is 0 Å². The predicted molar refractivity (Wildman–Crippen MR) is 117 cm³/mol. The largest absolute Gasteiger partial charge is 0.418 e. The highest BCUT2D eigenvalue weighted by Crippen LogP contribution is 2.59. The lowest BCUT2D eigenvalue weighted by molar-refractivity contribution is -0.366. The Hall–Kier alpha value is -1.95. The van der Waals surface area contributed by atoms with E-state index < -0.39 is 17.2 Å². The second-order valence-corrected chi connectivity index (χ2v) is 10.2. The van der Waals surface area contributed by atoms with Crippen molar-refractivity contribution in [2.45, 2.75) is 63.8 Å². The monoisotopic (exact) mass is 463 g/mol. The number of likely N-dealkylation sites (tertiary alicyclic amines) is 1. The molecule has 2 fully saturated rings. The molecule has 0 aliphatic carbocycles. The number of halogens is 3. The highest BCUT2D eigenvalue weighted by atomic mass is 32.1. The fraction of sp³-hybridized carbons (Fsp3) is 0.583. The van der Waals surface area contributed by atoms with E-state index in [1.54, 1.807) is 23.5 Å². The summed E-state index contributed by atoms with van der Waals surface area (Å²) >= 11 is 1.58. The number of hydrogen-bond donors (Lipinski definition) is 0. The Bertz CT molecular complexity index is 976. The minimum absolute atomic E-state index is 0.0203. The van der Waals surface area contributed by atoms with E-state index in [1.807, 2.05) is 17.5 Å². The zero-order valence-corrected chi connectivity index (χ0v) is 19.2. The molecular weight excluding hydrogens is 435 g/mol. The van der Waals surface area contributed by atoms with E-state index in [0.29, 0.717) is 50.4 Å². The smallest absolute Gasteiger partial charge is 0.365 e. The van der Waals surface area contributed by atoms with E-state index in [4.69, 9.17) is 10.00 Å². The molecular formula is C24H28F3N3OS. The van der Waals surface area contributed by atoms with Crippen LogP contribution in [-0.2, 0) is 17.7 Å². The summed E-state index contributed by atoms with van der Waals surface area (Å²) in [6.45, 7) is 5.85. The third-order valence-corrected chi connectivity index (χ3v) is 7.90. The molecule has 1 unspecified atom stereocenters. The van der Waals surface area contributed by atoms with Crippen LogP contribution in [0.4, 0.5) is 13.2 Å². The first-order chi connectivity index (χ1) is 15.2. The molecule has 0 saturated carbocycles. The summed E-state index contributed by atoms with van der Waals surface area (Å²) in [5, 5.41) is 12.0. The van der Waals surface area contributed by atoms with Gasteiger partial charge in [-0.05, 0) is 49.4 Å². The van der Waals surface area contributed by atoms with Gasteiger partial charge in [0.15, 0.2) is 5.60 Å². The third kappa shape index (κ3) is 4.18. The third-order valence-electron chi connectivity index (χ3n) is 7.05. The van der Waals surface area contributed by atoms with Gasteiger partial charge in [-0.25, -0.2) is 4.98 Å². The fourth-order valence-corrected chi connectivity index (χ4v) is 6.06. The van der Waals surface area contributed by atoms with Gasteiger partial charge < -0.3 is 4.74 Å². The molecule has 4 nitrogen and oxygen atoms in total. The van der Waals surface area contributed by atoms with E-state index in [-0.39, 0.29) is 13.0 Å². The molecule has 4 rings (SSSR count). The van der Waals surface area contributed by atoms with Crippen LogP contribution < -0.4 is 0 Å². The molecule has 0 bridgehead atoms. The molecule has 2 aliphatic rings. The van der Waals surface area contributed by atoms with Crippen LogP contribution in [0.3, 0.4) is 0 Å². The average Bonchev–Trinajstić information content (AvgIpc) is 3.33. The SMILES string of the molecule is CC(C)c1csc(CN2CC[C@@](CCc3ccc(C#N)cc3)(C3(C(F)(F)F)CCO3)C2)n1. The van der Waals surface area contributed by atoms with Crippen LogP contribution in [0, 0.1) is 16.7 Å². The van der Waals surface area contributed by atoms with Crippen LogP contribution in [0.1, 0.15) is 60.9 Å². The second-order valence-electron chi connectivity index (χ2n) is 9.29. The van der Waals surface area contributed by atoms with Crippen molar-refractivity contribution in [1.82, 2.24) is 9.88 Å². The minimum atomic E-state index is -4.40. The molecule has 2 aliphatic heterocycles. The number of alkyl halides is 3. The van der Waals surface area contributed by atoms with Gasteiger partial charge in [-0.3, -0.25) is 4.90 Å². The minimum Gasteiger partial charge on any atom is -0.365 e. The van der Waals surface area contributed by atoms with Crippen molar-refractivity contribution in [3.63, 3.8) is 0 Å². The van der Waals surface area contributed by atoms with Gasteiger partial charge in [0.1, 0.15) is 5.01 Å². The molecule has 1 aromatic heterocycles. The molecule has 2 aromatic rings. The molecule has 3 heterocycles. The van der Waals surface area contributed by atoms with Gasteiger partial charge in [0, 0.05) is 23.8 Å². The van der Waals surface area contributed by atoms with Crippen molar-refractivity contribution in [2.24, 2.45) is 5.41 Å². The highest BCUT2D eigenvalue weighted by molar-refractivity contribution is 7.09. The van der Waals surface area contributed by atoms with Crippen molar-refractivity contribution in [2.75, 3.05) is 19.7 Å². The van der Waals surface area contributed by atoms with Gasteiger partial charge in [-0.15, -0.1) is 11.3 Å². The molecule has 2 atom stereocenters. The van der Waals surface area contributed by atoms with Gasteiger partial charge >= 0.3 is 6.18 Å². The van der Waals surface area contributed by atoms with Crippen molar-refractivity contribution < 1.29 is 17.9 Å². The normalized spacial score (nSPS) is 26.3. The maximum atomic E-state index is 14.3. The van der Waals surface area contributed by atoms with Gasteiger partial charge in [-0.2, -0.15) is 18.4 Å². The predicted octanol–water partition coefficient (Wildman–Crippen LogP) is 5.68. The number of aromatic nitrogens is 1. The average molecular weight is 464 g/mol. The Morgan fingerprint density at radius 1 is 1.25 bits per heavy atom. The van der Waals surface area contributed by atoms with Crippen molar-refractivity contribution in [1.29, 1.82) is 5.26 Å². The summed E-state index contributed by atoms with van der Waals surface area (Å²) in [5.41, 5.74) is -0.540. The number of rotatable bonds is 7. The summed E-state index contributed by atoms with van der Waals surface area (Å²) in [5.74, 6) is 0.335. The van der Waals surface area contributed by atoms with E-state index in [0.717, 1.165) is 16.3 Å². The van der Waals surface area contributed by atoms with E-state index in [1.165, 1.54) is 0 Å². The van der Waals surface area contributed by atoms with Gasteiger partial charge in [0.05, 0.1) is 30.5 Å². The number of benzene rings is 1. The molecule has 0 spiro atoms. The molecule has 0 radical (unpaired) electrons. The molecule has 8 heteroatoms. The van der Waals surface area contributed by atoms with Crippen LogP contribution in [0.15, 0.2) is 29.6 Å². The summed E-state index contributed by atoms with van der Waals surface area (Å²) < 4.78 is 48.4. The Labute approximate surface area is 191 Å². The van der Waals surface area contributed by atoms with Crippen LogP contribution in [0.25, 0.3) is 0 Å². The quantitative estimate of drug-likeness (QED) is 0.530. The lowest BCUT2D eigenvalue weighted by Gasteiger charge is -2.54. The first-order valence-corrected chi connectivity index (χ1v) is 11.9. The van der Waals surface area contributed by atoms with E-state index in [9.17, 15) is 13.2 Å². The first-order valence-electron chi connectivity index (χ1n) is 11.0. The Kier molecular flexibility index (Phi) is 6.36. The number of aryl methyl sites for hydroxylation is 1. The van der Waals surface area contributed by atoms with E-state index in [2.05, 4.69) is 29.8 Å². The molecule has 172 valence electrons. The molecule has 1 aromatic carbocycles. The fourth-order valence-electron chi connectivity index (χ4n) is 5.06. The number of nitrogens with zero attached hydrogens (tertiary/aromatic N) is 3. The number of ether oxygens (including phenoxy) is 1. The number of nitriles is 1. The summed E-state index contributed by atoms with van der Waals surface area (Å²) in [6.07, 6.45) is -3.02. The lowest BCUT2D eigenvalue weighted by atomic mass is 9.63. The standard InChI is InChI=1S/C24H28F3N3OS/c1-17(2)20-15-32-21(29-20)14-30-11-9-22(16-30,23(10-12-31-23)24(25,26)27)8-7-18-3-5-19(13-28)6-4-18/h3-6,15,17H,7-12,14,16H2,1-2H3/t22-,23?/m1/s1.